The molecular weight excluding hydrogens is 342 g/mol. The average Bonchev–Trinajstić information content (AvgIpc) is 3.18. The summed E-state index contributed by atoms with van der Waals surface area (Å²) >= 11 is 1.60. The number of amides is 1. The molecule has 1 aliphatic rings. The predicted molar refractivity (Wildman–Crippen MR) is 96.2 cm³/mol. The van der Waals surface area contributed by atoms with E-state index in [1.807, 2.05) is 0 Å². The van der Waals surface area contributed by atoms with E-state index in [9.17, 15) is 9.59 Å². The number of rotatable bonds is 8. The van der Waals surface area contributed by atoms with Crippen molar-refractivity contribution in [3.8, 4) is 0 Å². The SMILES string of the molecule is COCCN(CCOC)C(=O)Cn1cnc2sc3c(c2c1=O)CCC3. The van der Waals surface area contributed by atoms with Gasteiger partial charge in [0.25, 0.3) is 5.56 Å². The molecule has 0 unspecified atom stereocenters. The Bertz CT molecular complexity index is 806. The van der Waals surface area contributed by atoms with Gasteiger partial charge in [-0.2, -0.15) is 0 Å². The normalized spacial score (nSPS) is 13.4. The first kappa shape index (κ1) is 18.0. The molecule has 2 aromatic heterocycles. The van der Waals surface area contributed by atoms with Crippen molar-refractivity contribution in [3.05, 3.63) is 27.1 Å². The Kier molecular flexibility index (Phi) is 5.82. The van der Waals surface area contributed by atoms with Crippen LogP contribution in [0.1, 0.15) is 16.9 Å². The van der Waals surface area contributed by atoms with Crippen molar-refractivity contribution in [2.75, 3.05) is 40.5 Å². The second-order valence-electron chi connectivity index (χ2n) is 6.08. The van der Waals surface area contributed by atoms with Crippen LogP contribution in [-0.4, -0.2) is 60.9 Å². The highest BCUT2D eigenvalue weighted by Crippen LogP contribution is 2.34. The molecule has 0 N–H and O–H groups in total. The van der Waals surface area contributed by atoms with Gasteiger partial charge in [0.1, 0.15) is 11.4 Å². The van der Waals surface area contributed by atoms with Crippen molar-refractivity contribution in [2.45, 2.75) is 25.8 Å². The van der Waals surface area contributed by atoms with Gasteiger partial charge in [-0.25, -0.2) is 4.98 Å². The minimum Gasteiger partial charge on any atom is -0.383 e. The Hall–Kier alpha value is -1.77. The first-order valence-corrected chi connectivity index (χ1v) is 9.22. The fraction of sp³-hybridized carbons (Fsp3) is 0.588. The summed E-state index contributed by atoms with van der Waals surface area (Å²) in [6, 6.07) is 0. The summed E-state index contributed by atoms with van der Waals surface area (Å²) in [4.78, 5) is 33.6. The molecule has 0 radical (unpaired) electrons. The Balaban J connectivity index is 1.82. The summed E-state index contributed by atoms with van der Waals surface area (Å²) in [7, 11) is 3.19. The summed E-state index contributed by atoms with van der Waals surface area (Å²) in [6.45, 7) is 1.81. The molecule has 3 rings (SSSR count). The highest BCUT2D eigenvalue weighted by Gasteiger charge is 2.22. The van der Waals surface area contributed by atoms with E-state index in [0.717, 1.165) is 29.7 Å². The zero-order valence-corrected chi connectivity index (χ0v) is 15.4. The van der Waals surface area contributed by atoms with Crippen LogP contribution < -0.4 is 5.56 Å². The Morgan fingerprint density at radius 2 is 2.00 bits per heavy atom. The Labute approximate surface area is 150 Å². The number of thiophene rings is 1. The van der Waals surface area contributed by atoms with E-state index < -0.39 is 0 Å². The lowest BCUT2D eigenvalue weighted by Gasteiger charge is -2.22. The number of nitrogens with zero attached hydrogens (tertiary/aromatic N) is 3. The third-order valence-electron chi connectivity index (χ3n) is 4.48. The molecule has 2 aromatic rings. The van der Waals surface area contributed by atoms with Gasteiger partial charge < -0.3 is 14.4 Å². The second-order valence-corrected chi connectivity index (χ2v) is 7.17. The molecule has 1 aliphatic carbocycles. The van der Waals surface area contributed by atoms with E-state index in [1.165, 1.54) is 15.8 Å². The molecule has 2 heterocycles. The van der Waals surface area contributed by atoms with Crippen molar-refractivity contribution in [1.29, 1.82) is 0 Å². The number of hydrogen-bond acceptors (Lipinski definition) is 6. The lowest BCUT2D eigenvalue weighted by atomic mass is 10.2. The number of ether oxygens (including phenoxy) is 2. The number of carbonyl (C=O) groups excluding carboxylic acids is 1. The molecule has 0 spiro atoms. The lowest BCUT2D eigenvalue weighted by Crippen LogP contribution is -2.40. The Morgan fingerprint density at radius 1 is 1.28 bits per heavy atom. The number of aromatic nitrogens is 2. The minimum atomic E-state index is -0.135. The second kappa shape index (κ2) is 8.07. The highest BCUT2D eigenvalue weighted by molar-refractivity contribution is 7.18. The summed E-state index contributed by atoms with van der Waals surface area (Å²) in [5, 5.41) is 0.702. The molecular formula is C17H23N3O4S. The monoisotopic (exact) mass is 365 g/mol. The van der Waals surface area contributed by atoms with Gasteiger partial charge in [0.05, 0.1) is 24.9 Å². The molecule has 25 heavy (non-hydrogen) atoms. The first-order valence-electron chi connectivity index (χ1n) is 8.41. The standard InChI is InChI=1S/C17H23N3O4S/c1-23-8-6-19(7-9-24-2)14(21)10-20-11-18-16-15(17(20)22)12-4-3-5-13(12)25-16/h11H,3-10H2,1-2H3. The maximum absolute atomic E-state index is 12.8. The van der Waals surface area contributed by atoms with Crippen LogP contribution in [0.15, 0.2) is 11.1 Å². The average molecular weight is 365 g/mol. The molecule has 1 amide bonds. The molecule has 8 heteroatoms. The van der Waals surface area contributed by atoms with Gasteiger partial charge in [-0.15, -0.1) is 11.3 Å². The van der Waals surface area contributed by atoms with E-state index in [1.54, 1.807) is 30.5 Å². The van der Waals surface area contributed by atoms with Gasteiger partial charge in [-0.1, -0.05) is 0 Å². The summed E-state index contributed by atoms with van der Waals surface area (Å²) < 4.78 is 11.5. The maximum atomic E-state index is 12.8. The van der Waals surface area contributed by atoms with Gasteiger partial charge in [0, 0.05) is 32.2 Å². The van der Waals surface area contributed by atoms with Crippen molar-refractivity contribution < 1.29 is 14.3 Å². The van der Waals surface area contributed by atoms with Crippen molar-refractivity contribution in [3.63, 3.8) is 0 Å². The highest BCUT2D eigenvalue weighted by atomic mass is 32.1. The zero-order chi connectivity index (χ0) is 17.8. The van der Waals surface area contributed by atoms with Crippen molar-refractivity contribution in [2.24, 2.45) is 0 Å². The molecule has 0 saturated carbocycles. The van der Waals surface area contributed by atoms with Crippen LogP contribution in [0.2, 0.25) is 0 Å². The third-order valence-corrected chi connectivity index (χ3v) is 5.68. The van der Waals surface area contributed by atoms with Crippen LogP contribution in [0.3, 0.4) is 0 Å². The number of carbonyl (C=O) groups is 1. The van der Waals surface area contributed by atoms with E-state index in [0.29, 0.717) is 31.7 Å². The van der Waals surface area contributed by atoms with Gasteiger partial charge >= 0.3 is 0 Å². The molecule has 136 valence electrons. The molecule has 0 atom stereocenters. The number of aryl methyl sites for hydroxylation is 2. The molecule has 0 fully saturated rings. The van der Waals surface area contributed by atoms with Crippen LogP contribution in [0.4, 0.5) is 0 Å². The number of methoxy groups -OCH3 is 2. The van der Waals surface area contributed by atoms with Gasteiger partial charge in [0.2, 0.25) is 5.91 Å². The fourth-order valence-corrected chi connectivity index (χ4v) is 4.36. The van der Waals surface area contributed by atoms with E-state index in [4.69, 9.17) is 9.47 Å². The van der Waals surface area contributed by atoms with E-state index in [-0.39, 0.29) is 18.0 Å². The first-order chi connectivity index (χ1) is 12.2. The lowest BCUT2D eigenvalue weighted by molar-refractivity contribution is -0.133. The third kappa shape index (κ3) is 3.75. The zero-order valence-electron chi connectivity index (χ0n) is 14.6. The summed E-state index contributed by atoms with van der Waals surface area (Å²) in [5.74, 6) is -0.135. The molecule has 0 bridgehead atoms. The summed E-state index contributed by atoms with van der Waals surface area (Å²) in [5.41, 5.74) is 1.02. The molecule has 0 aromatic carbocycles. The van der Waals surface area contributed by atoms with Gasteiger partial charge in [0.15, 0.2) is 0 Å². The predicted octanol–water partition coefficient (Wildman–Crippen LogP) is 1.07. The van der Waals surface area contributed by atoms with Gasteiger partial charge in [-0.05, 0) is 24.8 Å². The quantitative estimate of drug-likeness (QED) is 0.700. The molecule has 0 saturated heterocycles. The van der Waals surface area contributed by atoms with Gasteiger partial charge in [-0.3, -0.25) is 14.2 Å². The molecule has 7 nitrogen and oxygen atoms in total. The van der Waals surface area contributed by atoms with E-state index >= 15 is 0 Å². The molecule has 0 aliphatic heterocycles. The maximum Gasteiger partial charge on any atom is 0.262 e. The minimum absolute atomic E-state index is 0.0141. The fourth-order valence-electron chi connectivity index (χ4n) is 3.14. The van der Waals surface area contributed by atoms with Crippen LogP contribution >= 0.6 is 11.3 Å². The van der Waals surface area contributed by atoms with Crippen LogP contribution in [0.5, 0.6) is 0 Å². The van der Waals surface area contributed by atoms with Crippen molar-refractivity contribution in [1.82, 2.24) is 14.5 Å². The van der Waals surface area contributed by atoms with Crippen LogP contribution in [0, 0.1) is 0 Å². The Morgan fingerprint density at radius 3 is 2.68 bits per heavy atom. The van der Waals surface area contributed by atoms with E-state index in [2.05, 4.69) is 4.98 Å². The number of fused-ring (bicyclic) bond motifs is 3. The number of hydrogen-bond donors (Lipinski definition) is 0. The topological polar surface area (TPSA) is 73.7 Å². The summed E-state index contributed by atoms with van der Waals surface area (Å²) in [6.07, 6.45) is 4.53. The largest absolute Gasteiger partial charge is 0.383 e. The van der Waals surface area contributed by atoms with Crippen LogP contribution in [-0.2, 0) is 33.7 Å². The smallest absolute Gasteiger partial charge is 0.262 e. The van der Waals surface area contributed by atoms with Crippen LogP contribution in [0.25, 0.3) is 10.2 Å². The van der Waals surface area contributed by atoms with Crippen molar-refractivity contribution >= 4 is 27.5 Å².